The van der Waals surface area contributed by atoms with Gasteiger partial charge in [-0.3, -0.25) is 0 Å². The lowest BCUT2D eigenvalue weighted by molar-refractivity contribution is -0.212. The van der Waals surface area contributed by atoms with E-state index in [1.807, 2.05) is 0 Å². The number of nitrogens with zero attached hydrogens (tertiary/aromatic N) is 1. The molecule has 2 aromatic carbocycles. The molecule has 0 saturated carbocycles. The van der Waals surface area contributed by atoms with Gasteiger partial charge in [-0.05, 0) is 34.0 Å². The molecule has 2 aromatic rings. The average molecular weight is 328 g/mol. The number of fused-ring (bicyclic) bond motifs is 1. The Bertz CT molecular complexity index is 871. The van der Waals surface area contributed by atoms with Crippen LogP contribution in [0.1, 0.15) is 11.1 Å². The fourth-order valence-electron chi connectivity index (χ4n) is 1.74. The zero-order valence-electron chi connectivity index (χ0n) is 11.0. The normalized spacial score (nSPS) is 13.3. The fourth-order valence-corrected chi connectivity index (χ4v) is 2.17. The van der Waals surface area contributed by atoms with Crippen LogP contribution in [-0.2, 0) is 10.0 Å². The molecule has 8 heteroatoms. The minimum Gasteiger partial charge on any atom is -0.858 e. The third-order valence-corrected chi connectivity index (χ3v) is 3.83. The third-order valence-electron chi connectivity index (χ3n) is 2.84. The number of alkyl halides is 3. The number of hydrogen-bond acceptors (Lipinski definition) is 3. The number of hydrogen-bond donors (Lipinski definition) is 0. The van der Waals surface area contributed by atoms with Crippen molar-refractivity contribution in [1.29, 1.82) is 0 Å². The van der Waals surface area contributed by atoms with Crippen molar-refractivity contribution in [1.82, 2.24) is 0 Å². The number of benzene rings is 2. The summed E-state index contributed by atoms with van der Waals surface area (Å²) in [7, 11) is -5.85. The van der Waals surface area contributed by atoms with Crippen LogP contribution in [0.15, 0.2) is 47.4 Å². The Hall–Kier alpha value is -2.35. The van der Waals surface area contributed by atoms with E-state index in [1.165, 1.54) is 18.2 Å². The van der Waals surface area contributed by atoms with Crippen molar-refractivity contribution >= 4 is 32.8 Å². The quantitative estimate of drug-likeness (QED) is 0.642. The van der Waals surface area contributed by atoms with Gasteiger partial charge in [-0.15, -0.1) is 0 Å². The largest absolute Gasteiger partial charge is 0.858 e. The molecule has 0 heterocycles. The molecule has 0 atom stereocenters. The summed E-state index contributed by atoms with van der Waals surface area (Å²) in [5, 5.41) is 12.9. The van der Waals surface area contributed by atoms with E-state index in [1.54, 1.807) is 24.3 Å². The summed E-state index contributed by atoms with van der Waals surface area (Å²) in [4.78, 5) is 0. The molecule has 116 valence electrons. The van der Waals surface area contributed by atoms with Crippen LogP contribution in [-0.4, -0.2) is 19.8 Å². The van der Waals surface area contributed by atoms with Gasteiger partial charge in [0.15, 0.2) is 0 Å². The topological polar surface area (TPSA) is 69.6 Å². The maximum Gasteiger partial charge on any atom is 0.518 e. The smallest absolute Gasteiger partial charge is 0.518 e. The molecular weight excluding hydrogens is 319 g/mol. The zero-order chi connectivity index (χ0) is 16.5. The predicted molar refractivity (Wildman–Crippen MR) is 75.6 cm³/mol. The number of halogens is 3. The summed E-state index contributed by atoms with van der Waals surface area (Å²) in [6, 6.07) is 9.09. The summed E-state index contributed by atoms with van der Waals surface area (Å²) in [5.41, 5.74) is -5.01. The van der Waals surface area contributed by atoms with Crippen LogP contribution in [0.5, 0.6) is 0 Å². The van der Waals surface area contributed by atoms with Crippen LogP contribution in [0.4, 0.5) is 13.2 Å². The van der Waals surface area contributed by atoms with E-state index in [9.17, 15) is 26.7 Å². The summed E-state index contributed by atoms with van der Waals surface area (Å²) >= 11 is 0. The van der Waals surface area contributed by atoms with Gasteiger partial charge in [0.1, 0.15) is 0 Å². The first-order chi connectivity index (χ1) is 10.1. The number of sulfonamides is 1. The summed E-state index contributed by atoms with van der Waals surface area (Å²) < 4.78 is 60.6. The molecule has 0 aromatic heterocycles. The highest BCUT2D eigenvalue weighted by Crippen LogP contribution is 2.25. The molecule has 0 saturated heterocycles. The van der Waals surface area contributed by atoms with Gasteiger partial charge >= 0.3 is 15.5 Å². The van der Waals surface area contributed by atoms with Crippen LogP contribution < -0.4 is 5.11 Å². The van der Waals surface area contributed by atoms with Gasteiger partial charge in [-0.25, -0.2) is 0 Å². The van der Waals surface area contributed by atoms with Crippen LogP contribution >= 0.6 is 0 Å². The summed E-state index contributed by atoms with van der Waals surface area (Å²) in [6.07, 6.45) is 1.61. The lowest BCUT2D eigenvalue weighted by atomic mass is 10.0. The maximum absolute atomic E-state index is 12.2. The maximum atomic E-state index is 12.2. The summed E-state index contributed by atoms with van der Waals surface area (Å²) in [5.74, 6) is -1.47. The van der Waals surface area contributed by atoms with Crippen molar-refractivity contribution in [2.24, 2.45) is 4.40 Å². The molecular formula is C14H9F3NO3S-. The van der Waals surface area contributed by atoms with Gasteiger partial charge in [-0.1, -0.05) is 36.9 Å². The monoisotopic (exact) mass is 328 g/mol. The molecule has 0 aliphatic rings. The van der Waals surface area contributed by atoms with Crippen molar-refractivity contribution < 1.29 is 26.7 Å². The Labute approximate surface area is 124 Å². The zero-order valence-corrected chi connectivity index (χ0v) is 11.8. The second-order valence-electron chi connectivity index (χ2n) is 4.34. The second-order valence-corrected chi connectivity index (χ2v) is 5.94. The molecule has 0 bridgehead atoms. The lowest BCUT2D eigenvalue weighted by Gasteiger charge is -2.12. The molecule has 0 spiro atoms. The predicted octanol–water partition coefficient (Wildman–Crippen LogP) is 2.44. The first kappa shape index (κ1) is 16.0. The molecule has 0 aliphatic heterocycles. The van der Waals surface area contributed by atoms with Crippen molar-refractivity contribution in [3.8, 4) is 0 Å². The fraction of sp³-hybridized carbons (Fsp3) is 0.0714. The molecule has 0 radical (unpaired) electrons. The van der Waals surface area contributed by atoms with E-state index in [0.29, 0.717) is 5.39 Å². The first-order valence-electron chi connectivity index (χ1n) is 5.89. The lowest BCUT2D eigenvalue weighted by Crippen LogP contribution is -2.27. The van der Waals surface area contributed by atoms with Crippen molar-refractivity contribution in [3.63, 3.8) is 0 Å². The van der Waals surface area contributed by atoms with Crippen LogP contribution in [0.25, 0.3) is 16.8 Å². The molecule has 2 rings (SSSR count). The van der Waals surface area contributed by atoms with Gasteiger partial charge in [0.25, 0.3) is 0 Å². The van der Waals surface area contributed by atoms with Crippen molar-refractivity contribution in [2.75, 3.05) is 0 Å². The van der Waals surface area contributed by atoms with E-state index in [-0.39, 0.29) is 5.56 Å². The third kappa shape index (κ3) is 3.11. The first-order valence-corrected chi connectivity index (χ1v) is 7.33. The van der Waals surface area contributed by atoms with E-state index >= 15 is 0 Å². The Morgan fingerprint density at radius 2 is 1.73 bits per heavy atom. The minimum absolute atomic E-state index is 0.244. The summed E-state index contributed by atoms with van der Waals surface area (Å²) in [6.45, 7) is 3.60. The van der Waals surface area contributed by atoms with Gasteiger partial charge < -0.3 is 5.11 Å². The SMILES string of the molecule is C=Cc1ccc2cc(C([O-])=NS(=O)(=O)C(F)(F)F)ccc2c1. The molecule has 22 heavy (non-hydrogen) atoms. The van der Waals surface area contributed by atoms with E-state index in [0.717, 1.165) is 10.9 Å². The van der Waals surface area contributed by atoms with Crippen molar-refractivity contribution in [3.05, 3.63) is 54.1 Å². The minimum atomic E-state index is -5.85. The average Bonchev–Trinajstić information content (AvgIpc) is 2.44. The number of rotatable bonds is 3. The second kappa shape index (κ2) is 5.45. The van der Waals surface area contributed by atoms with Gasteiger partial charge in [0, 0.05) is 5.90 Å². The Kier molecular flexibility index (Phi) is 3.97. The van der Waals surface area contributed by atoms with E-state index in [2.05, 4.69) is 11.0 Å². The molecule has 0 N–H and O–H groups in total. The molecule has 0 unspecified atom stereocenters. The standard InChI is InChI=1S/C14H10F3NO3S/c1-2-9-3-4-11-8-12(6-5-10(11)7-9)13(19)18-22(20,21)14(15,16)17/h2-8H,1H2,(H,18,19)/p-1. The Balaban J connectivity index is 2.49. The van der Waals surface area contributed by atoms with E-state index in [4.69, 9.17) is 0 Å². The van der Waals surface area contributed by atoms with Crippen LogP contribution in [0, 0.1) is 0 Å². The molecule has 0 fully saturated rings. The molecule has 0 amide bonds. The van der Waals surface area contributed by atoms with Gasteiger partial charge in [0.05, 0.1) is 0 Å². The van der Waals surface area contributed by atoms with Crippen molar-refractivity contribution in [2.45, 2.75) is 5.51 Å². The van der Waals surface area contributed by atoms with Gasteiger partial charge in [0.2, 0.25) is 0 Å². The highest BCUT2D eigenvalue weighted by atomic mass is 32.2. The van der Waals surface area contributed by atoms with Crippen LogP contribution in [0.3, 0.4) is 0 Å². The molecule has 4 nitrogen and oxygen atoms in total. The van der Waals surface area contributed by atoms with Gasteiger partial charge in [-0.2, -0.15) is 26.0 Å². The molecule has 0 aliphatic carbocycles. The highest BCUT2D eigenvalue weighted by molar-refractivity contribution is 7.91. The highest BCUT2D eigenvalue weighted by Gasteiger charge is 2.45. The van der Waals surface area contributed by atoms with Crippen LogP contribution in [0.2, 0.25) is 0 Å². The Morgan fingerprint density at radius 1 is 1.14 bits per heavy atom. The Morgan fingerprint density at radius 3 is 2.32 bits per heavy atom. The van der Waals surface area contributed by atoms with E-state index < -0.39 is 21.4 Å².